The Morgan fingerprint density at radius 3 is 2.45 bits per heavy atom. The van der Waals surface area contributed by atoms with Crippen LogP contribution in [0.2, 0.25) is 0 Å². The number of benzene rings is 2. The maximum Gasteiger partial charge on any atom is 0.314 e. The molecule has 158 valence electrons. The monoisotopic (exact) mass is 457 g/mol. The smallest absolute Gasteiger partial charge is 0.314 e. The van der Waals surface area contributed by atoms with Gasteiger partial charge in [0.25, 0.3) is 11.1 Å². The number of nitrogens with zero attached hydrogens (tertiary/aromatic N) is 4. The van der Waals surface area contributed by atoms with Crippen LogP contribution in [0.4, 0.5) is 0 Å². The van der Waals surface area contributed by atoms with Crippen LogP contribution in [0.1, 0.15) is 0 Å². The zero-order valence-electron chi connectivity index (χ0n) is 15.7. The number of sulfonamides is 1. The van der Waals surface area contributed by atoms with Crippen LogP contribution in [-0.2, 0) is 14.8 Å². The van der Waals surface area contributed by atoms with E-state index in [0.29, 0.717) is 17.1 Å². The number of aliphatic carboxylic acids is 1. The van der Waals surface area contributed by atoms with Crippen molar-refractivity contribution in [3.63, 3.8) is 0 Å². The Kier molecular flexibility index (Phi) is 5.59. The Bertz CT molecular complexity index is 1330. The maximum atomic E-state index is 11.5. The molecule has 12 heteroatoms. The number of carbonyl (C=O) groups is 1. The molecule has 4 rings (SSSR count). The van der Waals surface area contributed by atoms with Crippen LogP contribution in [0.25, 0.3) is 28.5 Å². The number of thioether (sulfide) groups is 1. The minimum Gasteiger partial charge on any atom is -0.481 e. The van der Waals surface area contributed by atoms with Crippen LogP contribution < -0.4 is 5.14 Å². The SMILES string of the molecule is NS(=O)(=O)c1ccc(-n2nc(-c3nnc(SCC(=O)O)o3)cc2-c2ccccc2)cc1. The second kappa shape index (κ2) is 8.34. The summed E-state index contributed by atoms with van der Waals surface area (Å²) in [5.41, 5.74) is 2.54. The van der Waals surface area contributed by atoms with E-state index in [2.05, 4.69) is 15.3 Å². The van der Waals surface area contributed by atoms with Crippen molar-refractivity contribution in [1.29, 1.82) is 0 Å². The third kappa shape index (κ3) is 4.66. The molecule has 0 saturated heterocycles. The summed E-state index contributed by atoms with van der Waals surface area (Å²) in [5.74, 6) is -1.07. The van der Waals surface area contributed by atoms with E-state index in [-0.39, 0.29) is 21.8 Å². The van der Waals surface area contributed by atoms with Gasteiger partial charge in [-0.3, -0.25) is 4.79 Å². The van der Waals surface area contributed by atoms with E-state index in [9.17, 15) is 13.2 Å². The molecule has 0 aliphatic heterocycles. The van der Waals surface area contributed by atoms with Crippen molar-refractivity contribution in [3.05, 3.63) is 60.7 Å². The third-order valence-corrected chi connectivity index (χ3v) is 5.87. The number of carboxylic acid groups (broad SMARTS) is 1. The fraction of sp³-hybridized carbons (Fsp3) is 0.0526. The molecule has 10 nitrogen and oxygen atoms in total. The molecule has 2 aromatic carbocycles. The number of hydrogen-bond acceptors (Lipinski definition) is 8. The lowest BCUT2D eigenvalue weighted by Gasteiger charge is -2.08. The Morgan fingerprint density at radius 2 is 1.81 bits per heavy atom. The average Bonchev–Trinajstić information content (AvgIpc) is 3.40. The van der Waals surface area contributed by atoms with Gasteiger partial charge in [0.2, 0.25) is 10.0 Å². The van der Waals surface area contributed by atoms with Crippen molar-refractivity contribution in [2.45, 2.75) is 10.1 Å². The predicted octanol–water partition coefficient (Wildman–Crippen LogP) is 2.41. The molecule has 0 spiro atoms. The molecule has 0 atom stereocenters. The van der Waals surface area contributed by atoms with Crippen LogP contribution >= 0.6 is 11.8 Å². The highest BCUT2D eigenvalue weighted by atomic mass is 32.2. The van der Waals surface area contributed by atoms with Crippen LogP contribution in [-0.4, -0.2) is 45.2 Å². The van der Waals surface area contributed by atoms with E-state index in [1.807, 2.05) is 30.3 Å². The van der Waals surface area contributed by atoms with Crippen LogP contribution in [0, 0.1) is 0 Å². The minimum absolute atomic E-state index is 0.0121. The average molecular weight is 457 g/mol. The first-order chi connectivity index (χ1) is 14.8. The van der Waals surface area contributed by atoms with E-state index < -0.39 is 16.0 Å². The standard InChI is InChI=1S/C19H15N5O5S2/c20-31(27,28)14-8-6-13(7-9-14)24-16(12-4-2-1-3-5-12)10-15(23-24)18-21-22-19(29-18)30-11-17(25)26/h1-10H,11H2,(H,25,26)(H2,20,27,28). The van der Waals surface area contributed by atoms with Gasteiger partial charge < -0.3 is 9.52 Å². The molecule has 2 heterocycles. The highest BCUT2D eigenvalue weighted by molar-refractivity contribution is 7.99. The second-order valence-electron chi connectivity index (χ2n) is 6.29. The molecule has 4 aromatic rings. The first kappa shape index (κ1) is 20.8. The summed E-state index contributed by atoms with van der Waals surface area (Å²) in [7, 11) is -3.82. The third-order valence-electron chi connectivity index (χ3n) is 4.13. The summed E-state index contributed by atoms with van der Waals surface area (Å²) in [6.07, 6.45) is 0. The van der Waals surface area contributed by atoms with E-state index in [1.165, 1.54) is 12.1 Å². The van der Waals surface area contributed by atoms with Gasteiger partial charge in [0.1, 0.15) is 5.75 Å². The molecule has 0 radical (unpaired) electrons. The van der Waals surface area contributed by atoms with Crippen molar-refractivity contribution in [1.82, 2.24) is 20.0 Å². The molecule has 0 bridgehead atoms. The zero-order valence-corrected chi connectivity index (χ0v) is 17.4. The number of rotatable bonds is 7. The van der Waals surface area contributed by atoms with Crippen molar-refractivity contribution in [2.24, 2.45) is 5.14 Å². The first-order valence-electron chi connectivity index (χ1n) is 8.78. The van der Waals surface area contributed by atoms with Gasteiger partial charge in [-0.2, -0.15) is 5.10 Å². The number of carboxylic acids is 1. The fourth-order valence-electron chi connectivity index (χ4n) is 2.77. The predicted molar refractivity (Wildman–Crippen MR) is 112 cm³/mol. The summed E-state index contributed by atoms with van der Waals surface area (Å²) in [6, 6.07) is 17.2. The Labute approximate surface area is 180 Å². The zero-order chi connectivity index (χ0) is 22.0. The highest BCUT2D eigenvalue weighted by Gasteiger charge is 2.18. The van der Waals surface area contributed by atoms with Gasteiger partial charge in [-0.25, -0.2) is 18.2 Å². The molecular formula is C19H15N5O5S2. The van der Waals surface area contributed by atoms with Crippen LogP contribution in [0.5, 0.6) is 0 Å². The summed E-state index contributed by atoms with van der Waals surface area (Å²) in [5, 5.41) is 26.4. The van der Waals surface area contributed by atoms with Crippen LogP contribution in [0.3, 0.4) is 0 Å². The van der Waals surface area contributed by atoms with Crippen LogP contribution in [0.15, 0.2) is 75.2 Å². The van der Waals surface area contributed by atoms with Crippen molar-refractivity contribution in [2.75, 3.05) is 5.75 Å². The molecular weight excluding hydrogens is 442 g/mol. The van der Waals surface area contributed by atoms with Crippen molar-refractivity contribution in [3.8, 4) is 28.5 Å². The van der Waals surface area contributed by atoms with E-state index in [0.717, 1.165) is 17.3 Å². The highest BCUT2D eigenvalue weighted by Crippen LogP contribution is 2.29. The summed E-state index contributed by atoms with van der Waals surface area (Å²) in [6.45, 7) is 0. The summed E-state index contributed by atoms with van der Waals surface area (Å²) >= 11 is 0.909. The fourth-order valence-corrected chi connectivity index (χ4v) is 3.77. The number of aromatic nitrogens is 4. The molecule has 2 aromatic heterocycles. The van der Waals surface area contributed by atoms with Crippen molar-refractivity contribution >= 4 is 27.8 Å². The number of hydrogen-bond donors (Lipinski definition) is 2. The lowest BCUT2D eigenvalue weighted by atomic mass is 10.1. The van der Waals surface area contributed by atoms with Gasteiger partial charge in [-0.05, 0) is 30.3 Å². The molecule has 0 aliphatic rings. The van der Waals surface area contributed by atoms with E-state index in [1.54, 1.807) is 22.9 Å². The molecule has 0 unspecified atom stereocenters. The quantitative estimate of drug-likeness (QED) is 0.398. The normalized spacial score (nSPS) is 11.5. The van der Waals surface area contributed by atoms with E-state index >= 15 is 0 Å². The largest absolute Gasteiger partial charge is 0.481 e. The summed E-state index contributed by atoms with van der Waals surface area (Å²) < 4.78 is 30.2. The first-order valence-corrected chi connectivity index (χ1v) is 11.3. The number of primary sulfonamides is 1. The minimum atomic E-state index is -3.82. The lowest BCUT2D eigenvalue weighted by molar-refractivity contribution is -0.133. The molecule has 0 fully saturated rings. The lowest BCUT2D eigenvalue weighted by Crippen LogP contribution is -2.12. The van der Waals surface area contributed by atoms with Gasteiger partial charge in [0.05, 0.1) is 16.3 Å². The summed E-state index contributed by atoms with van der Waals surface area (Å²) in [4.78, 5) is 10.7. The van der Waals surface area contributed by atoms with Gasteiger partial charge in [0, 0.05) is 5.56 Å². The molecule has 31 heavy (non-hydrogen) atoms. The molecule has 3 N–H and O–H groups in total. The topological polar surface area (TPSA) is 154 Å². The maximum absolute atomic E-state index is 11.5. The van der Waals surface area contributed by atoms with Crippen molar-refractivity contribution < 1.29 is 22.7 Å². The Morgan fingerprint density at radius 1 is 1.10 bits per heavy atom. The van der Waals surface area contributed by atoms with E-state index in [4.69, 9.17) is 14.7 Å². The number of nitrogens with two attached hydrogens (primary N) is 1. The van der Waals surface area contributed by atoms with Gasteiger partial charge in [-0.1, -0.05) is 42.1 Å². The Balaban J connectivity index is 1.76. The Hall–Kier alpha value is -3.48. The van der Waals surface area contributed by atoms with Gasteiger partial charge >= 0.3 is 5.97 Å². The molecule has 0 aliphatic carbocycles. The molecule has 0 amide bonds. The van der Waals surface area contributed by atoms with Gasteiger partial charge in [-0.15, -0.1) is 10.2 Å². The van der Waals surface area contributed by atoms with Gasteiger partial charge in [0.15, 0.2) is 5.69 Å². The molecule has 0 saturated carbocycles. The second-order valence-corrected chi connectivity index (χ2v) is 8.78.